The minimum absolute atomic E-state index is 0.245. The van der Waals surface area contributed by atoms with Crippen LogP contribution in [-0.2, 0) is 10.0 Å². The van der Waals surface area contributed by atoms with Crippen molar-refractivity contribution in [3.8, 4) is 0 Å². The third-order valence-electron chi connectivity index (χ3n) is 4.84. The molecule has 0 aliphatic carbocycles. The topological polar surface area (TPSA) is 83.8 Å². The fourth-order valence-electron chi connectivity index (χ4n) is 3.21. The SMILES string of the molecule is Cc1cccc(N2CCN(S(=O)(=O)c3ccccc3[N+](=O)[O-])CC2)c1C. The van der Waals surface area contributed by atoms with Gasteiger partial charge in [-0.3, -0.25) is 10.1 Å². The Morgan fingerprint density at radius 2 is 1.62 bits per heavy atom. The zero-order chi connectivity index (χ0) is 18.9. The van der Waals surface area contributed by atoms with Crippen molar-refractivity contribution in [3.05, 3.63) is 63.7 Å². The third kappa shape index (κ3) is 3.30. The highest BCUT2D eigenvalue weighted by Gasteiger charge is 2.33. The van der Waals surface area contributed by atoms with E-state index in [1.165, 1.54) is 39.7 Å². The number of piperazine rings is 1. The van der Waals surface area contributed by atoms with Gasteiger partial charge in [-0.25, -0.2) is 8.42 Å². The summed E-state index contributed by atoms with van der Waals surface area (Å²) in [7, 11) is -3.90. The van der Waals surface area contributed by atoms with Gasteiger partial charge in [-0.1, -0.05) is 24.3 Å². The quantitative estimate of drug-likeness (QED) is 0.606. The number of benzene rings is 2. The summed E-state index contributed by atoms with van der Waals surface area (Å²) in [5.41, 5.74) is 3.09. The molecule has 8 heteroatoms. The fraction of sp³-hybridized carbons (Fsp3) is 0.333. The second kappa shape index (κ2) is 7.05. The highest BCUT2D eigenvalue weighted by molar-refractivity contribution is 7.89. The molecule has 1 saturated heterocycles. The van der Waals surface area contributed by atoms with Crippen LogP contribution in [0.1, 0.15) is 11.1 Å². The van der Waals surface area contributed by atoms with Crippen LogP contribution in [0, 0.1) is 24.0 Å². The minimum Gasteiger partial charge on any atom is -0.369 e. The van der Waals surface area contributed by atoms with Crippen LogP contribution in [0.5, 0.6) is 0 Å². The van der Waals surface area contributed by atoms with E-state index in [9.17, 15) is 18.5 Å². The van der Waals surface area contributed by atoms with E-state index in [0.29, 0.717) is 26.2 Å². The molecule has 1 aliphatic heterocycles. The largest absolute Gasteiger partial charge is 0.369 e. The number of nitrogens with zero attached hydrogens (tertiary/aromatic N) is 3. The Labute approximate surface area is 153 Å². The number of sulfonamides is 1. The first kappa shape index (κ1) is 18.3. The van der Waals surface area contributed by atoms with Crippen molar-refractivity contribution >= 4 is 21.4 Å². The maximum atomic E-state index is 12.9. The van der Waals surface area contributed by atoms with Gasteiger partial charge in [0.05, 0.1) is 4.92 Å². The highest BCUT2D eigenvalue weighted by Crippen LogP contribution is 2.29. The normalized spacial score (nSPS) is 15.8. The van der Waals surface area contributed by atoms with Crippen molar-refractivity contribution in [1.82, 2.24) is 4.31 Å². The van der Waals surface area contributed by atoms with Crippen molar-refractivity contribution in [2.75, 3.05) is 31.1 Å². The van der Waals surface area contributed by atoms with Crippen LogP contribution in [0.3, 0.4) is 0 Å². The van der Waals surface area contributed by atoms with E-state index in [1.807, 2.05) is 25.1 Å². The molecule has 0 saturated carbocycles. The van der Waals surface area contributed by atoms with Crippen molar-refractivity contribution in [3.63, 3.8) is 0 Å². The number of anilines is 1. The van der Waals surface area contributed by atoms with Crippen molar-refractivity contribution in [2.45, 2.75) is 18.7 Å². The molecule has 2 aromatic rings. The first-order valence-electron chi connectivity index (χ1n) is 8.37. The van der Waals surface area contributed by atoms with Crippen LogP contribution >= 0.6 is 0 Å². The molecule has 0 spiro atoms. The van der Waals surface area contributed by atoms with Crippen LogP contribution in [0.2, 0.25) is 0 Å². The maximum Gasteiger partial charge on any atom is 0.289 e. The molecule has 138 valence electrons. The van der Waals surface area contributed by atoms with Gasteiger partial charge in [0, 0.05) is 37.9 Å². The number of nitro benzene ring substituents is 1. The zero-order valence-corrected chi connectivity index (χ0v) is 15.6. The monoisotopic (exact) mass is 375 g/mol. The van der Waals surface area contributed by atoms with Crippen LogP contribution < -0.4 is 4.90 Å². The molecule has 0 radical (unpaired) electrons. The molecule has 3 rings (SSSR count). The van der Waals surface area contributed by atoms with E-state index in [2.05, 4.69) is 11.8 Å². The summed E-state index contributed by atoms with van der Waals surface area (Å²) in [6.07, 6.45) is 0. The van der Waals surface area contributed by atoms with E-state index in [4.69, 9.17) is 0 Å². The predicted octanol–water partition coefficient (Wildman–Crippen LogP) is 2.72. The molecule has 0 aromatic heterocycles. The smallest absolute Gasteiger partial charge is 0.289 e. The Morgan fingerprint density at radius 1 is 0.962 bits per heavy atom. The number of aryl methyl sites for hydroxylation is 1. The van der Waals surface area contributed by atoms with E-state index >= 15 is 0 Å². The van der Waals surface area contributed by atoms with Gasteiger partial charge in [-0.2, -0.15) is 4.31 Å². The van der Waals surface area contributed by atoms with Crippen molar-refractivity contribution in [1.29, 1.82) is 0 Å². The lowest BCUT2D eigenvalue weighted by atomic mass is 10.1. The molecule has 0 unspecified atom stereocenters. The average Bonchev–Trinajstić information content (AvgIpc) is 2.64. The number of hydrogen-bond acceptors (Lipinski definition) is 5. The van der Waals surface area contributed by atoms with Gasteiger partial charge >= 0.3 is 0 Å². The second-order valence-electron chi connectivity index (χ2n) is 6.34. The Balaban J connectivity index is 1.82. The molecule has 1 fully saturated rings. The van der Waals surface area contributed by atoms with Gasteiger partial charge in [0.15, 0.2) is 4.90 Å². The molecule has 7 nitrogen and oxygen atoms in total. The Kier molecular flexibility index (Phi) is 4.97. The average molecular weight is 375 g/mol. The fourth-order valence-corrected chi connectivity index (χ4v) is 4.79. The molecule has 1 heterocycles. The number of hydrogen-bond donors (Lipinski definition) is 0. The molecule has 1 aliphatic rings. The molecule has 26 heavy (non-hydrogen) atoms. The number of nitro groups is 1. The lowest BCUT2D eigenvalue weighted by molar-refractivity contribution is -0.387. The Morgan fingerprint density at radius 3 is 2.27 bits per heavy atom. The number of rotatable bonds is 4. The summed E-state index contributed by atoms with van der Waals surface area (Å²) in [4.78, 5) is 12.4. The molecule has 2 aromatic carbocycles. The van der Waals surface area contributed by atoms with Crippen LogP contribution in [0.25, 0.3) is 0 Å². The second-order valence-corrected chi connectivity index (χ2v) is 8.24. The molecule has 0 bridgehead atoms. The molecule has 0 N–H and O–H groups in total. The van der Waals surface area contributed by atoms with E-state index in [-0.39, 0.29) is 10.6 Å². The molecular formula is C18H21N3O4S. The Hall–Kier alpha value is -2.45. The minimum atomic E-state index is -3.90. The highest BCUT2D eigenvalue weighted by atomic mass is 32.2. The van der Waals surface area contributed by atoms with E-state index < -0.39 is 14.9 Å². The van der Waals surface area contributed by atoms with Crippen LogP contribution in [0.4, 0.5) is 11.4 Å². The summed E-state index contributed by atoms with van der Waals surface area (Å²) in [5.74, 6) is 0. The summed E-state index contributed by atoms with van der Waals surface area (Å²) < 4.78 is 27.1. The number of para-hydroxylation sites is 1. The van der Waals surface area contributed by atoms with Gasteiger partial charge in [-0.05, 0) is 37.1 Å². The summed E-state index contributed by atoms with van der Waals surface area (Å²) >= 11 is 0. The van der Waals surface area contributed by atoms with Crippen LogP contribution in [0.15, 0.2) is 47.4 Å². The zero-order valence-electron chi connectivity index (χ0n) is 14.8. The molecule has 0 amide bonds. The molecule has 0 atom stereocenters. The van der Waals surface area contributed by atoms with E-state index in [1.54, 1.807) is 0 Å². The first-order valence-corrected chi connectivity index (χ1v) is 9.81. The summed E-state index contributed by atoms with van der Waals surface area (Å²) in [6, 6.07) is 11.6. The summed E-state index contributed by atoms with van der Waals surface area (Å²) in [6.45, 7) is 5.78. The standard InChI is InChI=1S/C18H21N3O4S/c1-14-6-5-8-16(15(14)2)19-10-12-20(13-11-19)26(24,25)18-9-4-3-7-17(18)21(22)23/h3-9H,10-13H2,1-2H3. The summed E-state index contributed by atoms with van der Waals surface area (Å²) in [5, 5.41) is 11.2. The van der Waals surface area contributed by atoms with Gasteiger partial charge in [0.2, 0.25) is 10.0 Å². The van der Waals surface area contributed by atoms with Crippen molar-refractivity contribution < 1.29 is 13.3 Å². The van der Waals surface area contributed by atoms with Gasteiger partial charge < -0.3 is 4.90 Å². The van der Waals surface area contributed by atoms with Crippen LogP contribution in [-0.4, -0.2) is 43.8 Å². The van der Waals surface area contributed by atoms with Gasteiger partial charge in [0.1, 0.15) is 0 Å². The Bertz CT molecular complexity index is 935. The van der Waals surface area contributed by atoms with Crippen molar-refractivity contribution in [2.24, 2.45) is 0 Å². The third-order valence-corrected chi connectivity index (χ3v) is 6.78. The first-order chi connectivity index (χ1) is 12.3. The van der Waals surface area contributed by atoms with Gasteiger partial charge in [0.25, 0.3) is 5.69 Å². The van der Waals surface area contributed by atoms with Gasteiger partial charge in [-0.15, -0.1) is 0 Å². The van der Waals surface area contributed by atoms with E-state index in [0.717, 1.165) is 5.69 Å². The maximum absolute atomic E-state index is 12.9. The lowest BCUT2D eigenvalue weighted by Gasteiger charge is -2.36. The molecular weight excluding hydrogens is 354 g/mol. The predicted molar refractivity (Wildman–Crippen MR) is 100.0 cm³/mol. The lowest BCUT2D eigenvalue weighted by Crippen LogP contribution is -2.49.